The molecule has 0 aromatic carbocycles. The highest BCUT2D eigenvalue weighted by atomic mass is 16.1. The van der Waals surface area contributed by atoms with Gasteiger partial charge in [0.2, 0.25) is 5.91 Å². The summed E-state index contributed by atoms with van der Waals surface area (Å²) >= 11 is 0. The molecule has 2 heterocycles. The zero-order chi connectivity index (χ0) is 13.7. The molecule has 0 aliphatic carbocycles. The van der Waals surface area contributed by atoms with Gasteiger partial charge in [-0.25, -0.2) is 0 Å². The topological polar surface area (TPSA) is 63.1 Å². The quantitative estimate of drug-likeness (QED) is 0.839. The highest BCUT2D eigenvalue weighted by Crippen LogP contribution is 2.13. The normalized spacial score (nSPS) is 18.5. The van der Waals surface area contributed by atoms with Crippen LogP contribution in [0.5, 0.6) is 0 Å². The van der Waals surface area contributed by atoms with Crippen molar-refractivity contribution in [2.45, 2.75) is 32.7 Å². The summed E-state index contributed by atoms with van der Waals surface area (Å²) in [4.78, 5) is 23.5. The third-order valence-electron chi connectivity index (χ3n) is 3.37. The van der Waals surface area contributed by atoms with Gasteiger partial charge in [0.25, 0.3) is 5.56 Å². The molecule has 1 aliphatic rings. The second kappa shape index (κ2) is 6.52. The first kappa shape index (κ1) is 13.8. The fourth-order valence-corrected chi connectivity index (χ4v) is 2.38. The molecule has 1 aromatic heterocycles. The summed E-state index contributed by atoms with van der Waals surface area (Å²) in [5, 5.41) is 6.12. The van der Waals surface area contributed by atoms with Crippen molar-refractivity contribution in [3.05, 3.63) is 28.7 Å². The lowest BCUT2D eigenvalue weighted by Gasteiger charge is -2.11. The molecule has 1 saturated heterocycles. The van der Waals surface area contributed by atoms with Gasteiger partial charge in [-0.3, -0.25) is 9.59 Å². The molecule has 19 heavy (non-hydrogen) atoms. The predicted molar refractivity (Wildman–Crippen MR) is 75.2 cm³/mol. The van der Waals surface area contributed by atoms with Crippen molar-refractivity contribution in [1.82, 2.24) is 9.88 Å². The Hall–Kier alpha value is -1.62. The minimum Gasteiger partial charge on any atom is -0.325 e. The average molecular weight is 263 g/mol. The molecule has 5 nitrogen and oxygen atoms in total. The van der Waals surface area contributed by atoms with Gasteiger partial charge in [0.1, 0.15) is 0 Å². The van der Waals surface area contributed by atoms with E-state index in [1.165, 1.54) is 6.07 Å². The van der Waals surface area contributed by atoms with E-state index in [0.29, 0.717) is 24.6 Å². The van der Waals surface area contributed by atoms with E-state index in [1.54, 1.807) is 16.8 Å². The van der Waals surface area contributed by atoms with E-state index < -0.39 is 0 Å². The first-order valence-corrected chi connectivity index (χ1v) is 6.90. The third-order valence-corrected chi connectivity index (χ3v) is 3.37. The number of carbonyl (C=O) groups excluding carboxylic acids is 1. The predicted octanol–water partition coefficient (Wildman–Crippen LogP) is 1.20. The number of pyridine rings is 1. The monoisotopic (exact) mass is 263 g/mol. The summed E-state index contributed by atoms with van der Waals surface area (Å²) < 4.78 is 1.63. The van der Waals surface area contributed by atoms with Crippen molar-refractivity contribution in [1.29, 1.82) is 0 Å². The highest BCUT2D eigenvalue weighted by Gasteiger charge is 2.18. The van der Waals surface area contributed by atoms with Crippen molar-refractivity contribution in [2.75, 3.05) is 18.4 Å². The number of hydrogen-bond acceptors (Lipinski definition) is 3. The molecule has 0 radical (unpaired) electrons. The molecular weight excluding hydrogens is 242 g/mol. The Balaban J connectivity index is 1.96. The molecular formula is C14H21N3O2. The van der Waals surface area contributed by atoms with Gasteiger partial charge in [0, 0.05) is 25.2 Å². The van der Waals surface area contributed by atoms with E-state index in [1.807, 2.05) is 6.92 Å². The van der Waals surface area contributed by atoms with Crippen LogP contribution in [-0.2, 0) is 11.3 Å². The van der Waals surface area contributed by atoms with Gasteiger partial charge in [-0.2, -0.15) is 0 Å². The van der Waals surface area contributed by atoms with Crippen molar-refractivity contribution in [3.8, 4) is 0 Å². The first-order valence-electron chi connectivity index (χ1n) is 6.90. The van der Waals surface area contributed by atoms with E-state index in [-0.39, 0.29) is 11.5 Å². The number of rotatable bonds is 5. The van der Waals surface area contributed by atoms with Crippen molar-refractivity contribution < 1.29 is 4.79 Å². The summed E-state index contributed by atoms with van der Waals surface area (Å²) in [5.41, 5.74) is 0.670. The fourth-order valence-electron chi connectivity index (χ4n) is 2.38. The molecule has 5 heteroatoms. The van der Waals surface area contributed by atoms with E-state index in [0.717, 1.165) is 25.9 Å². The van der Waals surface area contributed by atoms with Crippen LogP contribution in [0.15, 0.2) is 23.1 Å². The molecule has 104 valence electrons. The van der Waals surface area contributed by atoms with Gasteiger partial charge >= 0.3 is 0 Å². The van der Waals surface area contributed by atoms with Crippen molar-refractivity contribution in [2.24, 2.45) is 5.92 Å². The summed E-state index contributed by atoms with van der Waals surface area (Å²) in [5.74, 6) is 0.456. The number of carbonyl (C=O) groups is 1. The molecule has 1 unspecified atom stereocenters. The third kappa shape index (κ3) is 3.92. The van der Waals surface area contributed by atoms with Crippen LogP contribution in [0.3, 0.4) is 0 Å². The van der Waals surface area contributed by atoms with Gasteiger partial charge in [-0.05, 0) is 37.9 Å². The zero-order valence-corrected chi connectivity index (χ0v) is 11.3. The Morgan fingerprint density at radius 1 is 1.53 bits per heavy atom. The lowest BCUT2D eigenvalue weighted by Crippen LogP contribution is -2.22. The standard InChI is InChI=1S/C14H21N3O2/c1-2-7-17-10-12(3-4-14(17)19)16-13(18)8-11-5-6-15-9-11/h3-4,10-11,15H,2,5-9H2,1H3,(H,16,18). The molecule has 2 N–H and O–H groups in total. The number of hydrogen-bond donors (Lipinski definition) is 2. The number of aryl methyl sites for hydroxylation is 1. The van der Waals surface area contributed by atoms with Crippen molar-refractivity contribution in [3.63, 3.8) is 0 Å². The number of nitrogens with zero attached hydrogens (tertiary/aromatic N) is 1. The largest absolute Gasteiger partial charge is 0.325 e. The van der Waals surface area contributed by atoms with Crippen LogP contribution < -0.4 is 16.2 Å². The number of amides is 1. The molecule has 1 atom stereocenters. The van der Waals surface area contributed by atoms with Crippen LogP contribution in [-0.4, -0.2) is 23.6 Å². The van der Waals surface area contributed by atoms with Crippen LogP contribution in [0.25, 0.3) is 0 Å². The number of aromatic nitrogens is 1. The van der Waals surface area contributed by atoms with Crippen LogP contribution in [0, 0.1) is 5.92 Å². The average Bonchev–Trinajstić information content (AvgIpc) is 2.86. The molecule has 0 bridgehead atoms. The Labute approximate surface area is 113 Å². The summed E-state index contributed by atoms with van der Waals surface area (Å²) in [6.07, 6.45) is 4.21. The maximum Gasteiger partial charge on any atom is 0.250 e. The smallest absolute Gasteiger partial charge is 0.250 e. The Morgan fingerprint density at radius 3 is 3.05 bits per heavy atom. The molecule has 1 aliphatic heterocycles. The van der Waals surface area contributed by atoms with Crippen LogP contribution in [0.1, 0.15) is 26.2 Å². The van der Waals surface area contributed by atoms with E-state index in [4.69, 9.17) is 0 Å². The molecule has 1 amide bonds. The SMILES string of the molecule is CCCn1cc(NC(=O)CC2CCNC2)ccc1=O. The van der Waals surface area contributed by atoms with E-state index in [2.05, 4.69) is 10.6 Å². The molecule has 1 aromatic rings. The van der Waals surface area contributed by atoms with E-state index in [9.17, 15) is 9.59 Å². The van der Waals surface area contributed by atoms with Crippen LogP contribution in [0.2, 0.25) is 0 Å². The first-order chi connectivity index (χ1) is 9.19. The Morgan fingerprint density at radius 2 is 2.37 bits per heavy atom. The fraction of sp³-hybridized carbons (Fsp3) is 0.571. The van der Waals surface area contributed by atoms with Crippen LogP contribution in [0.4, 0.5) is 5.69 Å². The zero-order valence-electron chi connectivity index (χ0n) is 11.3. The second-order valence-electron chi connectivity index (χ2n) is 5.06. The molecule has 0 spiro atoms. The van der Waals surface area contributed by atoms with Crippen LogP contribution >= 0.6 is 0 Å². The van der Waals surface area contributed by atoms with Crippen molar-refractivity contribution >= 4 is 11.6 Å². The van der Waals surface area contributed by atoms with Gasteiger partial charge in [-0.1, -0.05) is 6.92 Å². The minimum absolute atomic E-state index is 0.0235. The lowest BCUT2D eigenvalue weighted by atomic mass is 10.0. The summed E-state index contributed by atoms with van der Waals surface area (Å²) in [7, 11) is 0. The van der Waals surface area contributed by atoms with Gasteiger partial charge in [0.15, 0.2) is 0 Å². The van der Waals surface area contributed by atoms with Gasteiger partial charge in [0.05, 0.1) is 5.69 Å². The maximum atomic E-state index is 11.9. The Kier molecular flexibility index (Phi) is 4.74. The molecule has 0 saturated carbocycles. The maximum absolute atomic E-state index is 11.9. The lowest BCUT2D eigenvalue weighted by molar-refractivity contribution is -0.116. The summed E-state index contributed by atoms with van der Waals surface area (Å²) in [6.45, 7) is 4.61. The second-order valence-corrected chi connectivity index (χ2v) is 5.06. The minimum atomic E-state index is -0.0279. The highest BCUT2D eigenvalue weighted by molar-refractivity contribution is 5.90. The number of anilines is 1. The number of nitrogens with one attached hydrogen (secondary N) is 2. The molecule has 1 fully saturated rings. The van der Waals surface area contributed by atoms with E-state index >= 15 is 0 Å². The van der Waals surface area contributed by atoms with Gasteiger partial charge in [-0.15, -0.1) is 0 Å². The van der Waals surface area contributed by atoms with Gasteiger partial charge < -0.3 is 15.2 Å². The summed E-state index contributed by atoms with van der Waals surface area (Å²) in [6, 6.07) is 3.17. The molecule has 2 rings (SSSR count). The Bertz CT molecular complexity index is 490.